The number of likely N-dealkylation sites (tertiary alicyclic amines) is 1. The van der Waals surface area contributed by atoms with Crippen molar-refractivity contribution in [3.63, 3.8) is 0 Å². The van der Waals surface area contributed by atoms with E-state index in [4.69, 9.17) is 0 Å². The number of nitrogens with zero attached hydrogens (tertiary/aromatic N) is 1. The summed E-state index contributed by atoms with van der Waals surface area (Å²) in [5.74, 6) is 2.08. The minimum Gasteiger partial charge on any atom is -0.298 e. The van der Waals surface area contributed by atoms with Gasteiger partial charge in [0.05, 0.1) is 0 Å². The first-order chi connectivity index (χ1) is 7.07. The molecule has 15 heavy (non-hydrogen) atoms. The van der Waals surface area contributed by atoms with E-state index in [1.807, 2.05) is 0 Å². The molecule has 1 aliphatic carbocycles. The Bertz CT molecular complexity index is 198. The van der Waals surface area contributed by atoms with Gasteiger partial charge >= 0.3 is 0 Å². The average molecular weight is 209 g/mol. The highest BCUT2D eigenvalue weighted by Crippen LogP contribution is 2.36. The zero-order chi connectivity index (χ0) is 10.9. The topological polar surface area (TPSA) is 3.24 Å². The van der Waals surface area contributed by atoms with Crippen molar-refractivity contribution in [2.75, 3.05) is 13.1 Å². The van der Waals surface area contributed by atoms with Crippen LogP contribution in [0.5, 0.6) is 0 Å². The third-order valence-corrected chi connectivity index (χ3v) is 4.49. The van der Waals surface area contributed by atoms with Crippen LogP contribution in [0.4, 0.5) is 0 Å². The van der Waals surface area contributed by atoms with E-state index in [2.05, 4.69) is 25.7 Å². The molecular weight excluding hydrogens is 182 g/mol. The predicted octanol–water partition coefficient (Wildman–Crippen LogP) is 3.69. The molecule has 1 aliphatic heterocycles. The molecule has 1 saturated heterocycles. The van der Waals surface area contributed by atoms with Crippen molar-refractivity contribution < 1.29 is 0 Å². The van der Waals surface area contributed by atoms with Crippen LogP contribution in [0, 0.1) is 11.8 Å². The Labute approximate surface area is 95.2 Å². The van der Waals surface area contributed by atoms with E-state index < -0.39 is 0 Å². The molecule has 1 atom stereocenters. The Balaban J connectivity index is 1.86. The molecule has 2 aliphatic rings. The van der Waals surface area contributed by atoms with Crippen LogP contribution in [0.2, 0.25) is 0 Å². The zero-order valence-electron chi connectivity index (χ0n) is 10.8. The van der Waals surface area contributed by atoms with E-state index in [0.717, 1.165) is 11.8 Å². The quantitative estimate of drug-likeness (QED) is 0.636. The van der Waals surface area contributed by atoms with E-state index in [9.17, 15) is 0 Å². The molecule has 0 aromatic carbocycles. The van der Waals surface area contributed by atoms with Crippen molar-refractivity contribution in [3.05, 3.63) is 0 Å². The highest BCUT2D eigenvalue weighted by Gasteiger charge is 2.34. The van der Waals surface area contributed by atoms with Gasteiger partial charge in [0.15, 0.2) is 0 Å². The Morgan fingerprint density at radius 2 is 1.53 bits per heavy atom. The van der Waals surface area contributed by atoms with Gasteiger partial charge in [-0.25, -0.2) is 0 Å². The molecule has 2 rings (SSSR count). The van der Waals surface area contributed by atoms with E-state index in [-0.39, 0.29) is 0 Å². The van der Waals surface area contributed by atoms with Gasteiger partial charge in [0, 0.05) is 12.1 Å². The SMILES string of the molecule is CC(C)(C)N1CCC(C2CCCCC2)C1. The fourth-order valence-corrected chi connectivity index (χ4v) is 3.39. The second kappa shape index (κ2) is 4.45. The third-order valence-electron chi connectivity index (χ3n) is 4.49. The molecule has 1 unspecified atom stereocenters. The fourth-order valence-electron chi connectivity index (χ4n) is 3.39. The molecule has 88 valence electrons. The lowest BCUT2D eigenvalue weighted by Gasteiger charge is -2.33. The first kappa shape index (κ1) is 11.4. The van der Waals surface area contributed by atoms with E-state index in [1.54, 1.807) is 0 Å². The van der Waals surface area contributed by atoms with Crippen LogP contribution in [-0.2, 0) is 0 Å². The summed E-state index contributed by atoms with van der Waals surface area (Å²) < 4.78 is 0. The highest BCUT2D eigenvalue weighted by atomic mass is 15.2. The summed E-state index contributed by atoms with van der Waals surface area (Å²) in [7, 11) is 0. The van der Waals surface area contributed by atoms with Crippen LogP contribution in [0.15, 0.2) is 0 Å². The Morgan fingerprint density at radius 1 is 0.867 bits per heavy atom. The molecule has 1 saturated carbocycles. The van der Waals surface area contributed by atoms with Gasteiger partial charge in [-0.1, -0.05) is 32.1 Å². The summed E-state index contributed by atoms with van der Waals surface area (Å²) in [6, 6.07) is 0. The van der Waals surface area contributed by atoms with Gasteiger partial charge in [-0.2, -0.15) is 0 Å². The second-order valence-corrected chi connectivity index (χ2v) is 6.56. The molecule has 2 fully saturated rings. The summed E-state index contributed by atoms with van der Waals surface area (Å²) in [5, 5.41) is 0. The maximum atomic E-state index is 2.69. The summed E-state index contributed by atoms with van der Waals surface area (Å²) in [6.45, 7) is 9.78. The first-order valence-corrected chi connectivity index (χ1v) is 6.82. The van der Waals surface area contributed by atoms with Crippen molar-refractivity contribution in [2.24, 2.45) is 11.8 Å². The van der Waals surface area contributed by atoms with E-state index in [1.165, 1.54) is 51.6 Å². The fraction of sp³-hybridized carbons (Fsp3) is 1.00. The third kappa shape index (κ3) is 2.75. The lowest BCUT2D eigenvalue weighted by molar-refractivity contribution is 0.153. The zero-order valence-corrected chi connectivity index (χ0v) is 10.8. The maximum Gasteiger partial charge on any atom is 0.0125 e. The second-order valence-electron chi connectivity index (χ2n) is 6.56. The number of rotatable bonds is 1. The number of hydrogen-bond donors (Lipinski definition) is 0. The minimum atomic E-state index is 0.392. The van der Waals surface area contributed by atoms with Gasteiger partial charge in [0.1, 0.15) is 0 Å². The Hall–Kier alpha value is -0.0400. The van der Waals surface area contributed by atoms with Crippen LogP contribution in [0.3, 0.4) is 0 Å². The molecule has 0 radical (unpaired) electrons. The Morgan fingerprint density at radius 3 is 2.07 bits per heavy atom. The number of hydrogen-bond acceptors (Lipinski definition) is 1. The Kier molecular flexibility index (Phi) is 3.39. The lowest BCUT2D eigenvalue weighted by atomic mass is 9.79. The van der Waals surface area contributed by atoms with Crippen LogP contribution in [-0.4, -0.2) is 23.5 Å². The van der Waals surface area contributed by atoms with Gasteiger partial charge < -0.3 is 0 Å². The normalized spacial score (nSPS) is 31.0. The largest absolute Gasteiger partial charge is 0.298 e. The van der Waals surface area contributed by atoms with Gasteiger partial charge in [-0.05, 0) is 45.6 Å². The molecular formula is C14H27N. The molecule has 0 aromatic rings. The van der Waals surface area contributed by atoms with Crippen molar-refractivity contribution in [3.8, 4) is 0 Å². The van der Waals surface area contributed by atoms with Crippen molar-refractivity contribution in [1.82, 2.24) is 4.90 Å². The van der Waals surface area contributed by atoms with Crippen molar-refractivity contribution >= 4 is 0 Å². The predicted molar refractivity (Wildman–Crippen MR) is 66.0 cm³/mol. The lowest BCUT2D eigenvalue weighted by Crippen LogP contribution is -2.40. The minimum absolute atomic E-state index is 0.392. The molecule has 0 amide bonds. The van der Waals surface area contributed by atoms with Gasteiger partial charge in [-0.15, -0.1) is 0 Å². The van der Waals surface area contributed by atoms with Crippen LogP contribution in [0.1, 0.15) is 59.3 Å². The van der Waals surface area contributed by atoms with Gasteiger partial charge in [-0.3, -0.25) is 4.90 Å². The molecule has 0 N–H and O–H groups in total. The molecule has 0 spiro atoms. The van der Waals surface area contributed by atoms with Gasteiger partial charge in [0.2, 0.25) is 0 Å². The van der Waals surface area contributed by atoms with Crippen molar-refractivity contribution in [1.29, 1.82) is 0 Å². The summed E-state index contributed by atoms with van der Waals surface area (Å²) in [6.07, 6.45) is 8.98. The van der Waals surface area contributed by atoms with Crippen molar-refractivity contribution in [2.45, 2.75) is 64.8 Å². The molecule has 0 bridgehead atoms. The van der Waals surface area contributed by atoms with E-state index >= 15 is 0 Å². The van der Waals surface area contributed by atoms with Crippen LogP contribution >= 0.6 is 0 Å². The summed E-state index contributed by atoms with van der Waals surface area (Å²) in [4.78, 5) is 2.69. The molecule has 1 nitrogen and oxygen atoms in total. The highest BCUT2D eigenvalue weighted by molar-refractivity contribution is 4.88. The van der Waals surface area contributed by atoms with Gasteiger partial charge in [0.25, 0.3) is 0 Å². The molecule has 1 heterocycles. The molecule has 0 aromatic heterocycles. The molecule has 1 heteroatoms. The van der Waals surface area contributed by atoms with E-state index in [0.29, 0.717) is 5.54 Å². The van der Waals surface area contributed by atoms with Crippen LogP contribution in [0.25, 0.3) is 0 Å². The summed E-state index contributed by atoms with van der Waals surface area (Å²) in [5.41, 5.74) is 0.392. The standard InChI is InChI=1S/C14H27N/c1-14(2,3)15-10-9-13(11-15)12-7-5-4-6-8-12/h12-13H,4-11H2,1-3H3. The summed E-state index contributed by atoms with van der Waals surface area (Å²) >= 11 is 0. The smallest absolute Gasteiger partial charge is 0.0125 e. The average Bonchev–Trinajstić information content (AvgIpc) is 2.67. The maximum absolute atomic E-state index is 2.69. The first-order valence-electron chi connectivity index (χ1n) is 6.82. The monoisotopic (exact) mass is 209 g/mol. The van der Waals surface area contributed by atoms with Crippen LogP contribution < -0.4 is 0 Å².